The molecule has 0 N–H and O–H groups in total. The molecule has 2 atom stereocenters. The first-order valence-corrected chi connectivity index (χ1v) is 19.2. The maximum absolute atomic E-state index is 5.35. The molecule has 0 amide bonds. The average molecular weight is 714 g/mol. The zero-order valence-electron chi connectivity index (χ0n) is 30.5. The maximum atomic E-state index is 5.35. The van der Waals surface area contributed by atoms with Gasteiger partial charge >= 0.3 is 0 Å². The summed E-state index contributed by atoms with van der Waals surface area (Å²) >= 11 is 0. The largest absolute Gasteiger partial charge is 0.256 e. The van der Waals surface area contributed by atoms with Crippen LogP contribution < -0.4 is 0 Å². The van der Waals surface area contributed by atoms with E-state index in [9.17, 15) is 0 Å². The van der Waals surface area contributed by atoms with E-state index < -0.39 is 0 Å². The van der Waals surface area contributed by atoms with Gasteiger partial charge in [0.05, 0.1) is 22.8 Å². The minimum Gasteiger partial charge on any atom is -0.256 e. The van der Waals surface area contributed by atoms with E-state index in [2.05, 4.69) is 152 Å². The summed E-state index contributed by atoms with van der Waals surface area (Å²) in [6, 6.07) is 67.4. The van der Waals surface area contributed by atoms with Crippen LogP contribution in [0.5, 0.6) is 0 Å². The van der Waals surface area contributed by atoms with Gasteiger partial charge in [-0.2, -0.15) is 0 Å². The zero-order chi connectivity index (χ0) is 37.0. The van der Waals surface area contributed by atoms with Crippen LogP contribution in [0, 0.1) is 0 Å². The average Bonchev–Trinajstić information content (AvgIpc) is 3.80. The highest BCUT2D eigenvalue weighted by atomic mass is 14.8. The molecule has 3 heteroatoms. The van der Waals surface area contributed by atoms with Gasteiger partial charge in [0.25, 0.3) is 0 Å². The first kappa shape index (κ1) is 32.2. The molecule has 0 fully saturated rings. The second kappa shape index (κ2) is 13.3. The molecule has 0 saturated heterocycles. The number of fused-ring (bicyclic) bond motifs is 7. The summed E-state index contributed by atoms with van der Waals surface area (Å²) in [7, 11) is 0. The molecule has 2 aliphatic rings. The summed E-state index contributed by atoms with van der Waals surface area (Å²) in [4.78, 5) is 15.2. The van der Waals surface area contributed by atoms with Crippen LogP contribution in [0.25, 0.3) is 67.3 Å². The van der Waals surface area contributed by atoms with Crippen molar-refractivity contribution in [3.8, 4) is 67.3 Å². The predicted molar refractivity (Wildman–Crippen MR) is 227 cm³/mol. The number of hydrogen-bond acceptors (Lipinski definition) is 3. The molecule has 3 nitrogen and oxygen atoms in total. The fourth-order valence-corrected chi connectivity index (χ4v) is 9.03. The van der Waals surface area contributed by atoms with Crippen LogP contribution >= 0.6 is 0 Å². The number of hydrogen-bond donors (Lipinski definition) is 0. The molecule has 2 aliphatic carbocycles. The number of rotatable bonds is 6. The third-order valence-corrected chi connectivity index (χ3v) is 11.6. The molecule has 56 heavy (non-hydrogen) atoms. The third-order valence-electron chi connectivity index (χ3n) is 11.6. The molecule has 6 aromatic carbocycles. The van der Waals surface area contributed by atoms with E-state index in [-0.39, 0.29) is 11.8 Å². The quantitative estimate of drug-likeness (QED) is 0.172. The molecule has 0 bridgehead atoms. The van der Waals surface area contributed by atoms with Gasteiger partial charge in [0.1, 0.15) is 0 Å². The van der Waals surface area contributed by atoms with Crippen LogP contribution in [-0.2, 0) is 0 Å². The Bertz CT molecular complexity index is 2780. The van der Waals surface area contributed by atoms with Crippen molar-refractivity contribution in [2.45, 2.75) is 11.8 Å². The van der Waals surface area contributed by atoms with Crippen molar-refractivity contribution in [1.82, 2.24) is 15.0 Å². The minimum absolute atomic E-state index is 0.00900. The van der Waals surface area contributed by atoms with Gasteiger partial charge in [0.2, 0.25) is 0 Å². The lowest BCUT2D eigenvalue weighted by molar-refractivity contribution is 0.936. The SMILES string of the molecule is c1ccc(-c2ccc(-c3cc(C4c5ccccc5-c5ccc6c(c54)C(c4ccccc4)c4ccccc4-6)cc(-c4ccc(-c5ccccc5)nc4)n3)cn2)cc1. The second-order valence-corrected chi connectivity index (χ2v) is 14.7. The highest BCUT2D eigenvalue weighted by molar-refractivity contribution is 5.91. The molecular formula is C53H35N3. The second-order valence-electron chi connectivity index (χ2n) is 14.7. The smallest absolute Gasteiger partial charge is 0.0728 e. The molecule has 3 aromatic heterocycles. The van der Waals surface area contributed by atoms with E-state index in [0.29, 0.717) is 0 Å². The van der Waals surface area contributed by atoms with Crippen molar-refractivity contribution in [2.24, 2.45) is 0 Å². The van der Waals surface area contributed by atoms with Gasteiger partial charge in [-0.25, -0.2) is 4.98 Å². The standard InChI is InChI=1S/C53H35N3/c1-4-14-34(15-5-1)46-28-24-37(32-54-46)48-30-39(31-49(56-48)38-25-29-47(55-33-38)35-16-6-2-7-17-35)51-43-23-13-11-21-41(43)45-27-26-44-40-20-10-12-22-42(40)50(52(44)53(45)51)36-18-8-3-9-19-36/h1-33,50-51H. The summed E-state index contributed by atoms with van der Waals surface area (Å²) in [5, 5.41) is 0. The summed E-state index contributed by atoms with van der Waals surface area (Å²) in [6.07, 6.45) is 3.93. The molecule has 0 spiro atoms. The van der Waals surface area contributed by atoms with Crippen molar-refractivity contribution in [1.29, 1.82) is 0 Å². The van der Waals surface area contributed by atoms with Gasteiger partial charge in [-0.15, -0.1) is 0 Å². The van der Waals surface area contributed by atoms with Crippen LogP contribution in [0.2, 0.25) is 0 Å². The van der Waals surface area contributed by atoms with Gasteiger partial charge < -0.3 is 0 Å². The van der Waals surface area contributed by atoms with Gasteiger partial charge in [-0.3, -0.25) is 9.97 Å². The Morgan fingerprint density at radius 1 is 0.304 bits per heavy atom. The van der Waals surface area contributed by atoms with Crippen LogP contribution in [0.4, 0.5) is 0 Å². The number of nitrogens with zero attached hydrogens (tertiary/aromatic N) is 3. The molecule has 0 saturated carbocycles. The lowest BCUT2D eigenvalue weighted by atomic mass is 9.80. The Morgan fingerprint density at radius 2 is 0.732 bits per heavy atom. The monoisotopic (exact) mass is 713 g/mol. The third kappa shape index (κ3) is 5.32. The molecule has 11 rings (SSSR count). The lowest BCUT2D eigenvalue weighted by Crippen LogP contribution is -2.08. The number of benzene rings is 6. The maximum Gasteiger partial charge on any atom is 0.0728 e. The summed E-state index contributed by atoms with van der Waals surface area (Å²) in [6.45, 7) is 0. The van der Waals surface area contributed by atoms with E-state index in [4.69, 9.17) is 15.0 Å². The van der Waals surface area contributed by atoms with Crippen LogP contribution in [-0.4, -0.2) is 15.0 Å². The van der Waals surface area contributed by atoms with Gasteiger partial charge in [-0.1, -0.05) is 152 Å². The van der Waals surface area contributed by atoms with E-state index in [1.807, 2.05) is 48.8 Å². The Labute approximate surface area is 326 Å². The summed E-state index contributed by atoms with van der Waals surface area (Å²) in [5.74, 6) is 0.115. The number of pyridine rings is 3. The van der Waals surface area contributed by atoms with E-state index in [0.717, 1.165) is 45.0 Å². The highest BCUT2D eigenvalue weighted by Gasteiger charge is 2.40. The van der Waals surface area contributed by atoms with Gasteiger partial charge in [0, 0.05) is 46.5 Å². The molecular weight excluding hydrogens is 679 g/mol. The summed E-state index contributed by atoms with van der Waals surface area (Å²) < 4.78 is 0. The fraction of sp³-hybridized carbons (Fsp3) is 0.0377. The molecule has 9 aromatic rings. The Morgan fingerprint density at radius 3 is 1.20 bits per heavy atom. The molecule has 262 valence electrons. The number of aromatic nitrogens is 3. The zero-order valence-corrected chi connectivity index (χ0v) is 30.5. The molecule has 2 unspecified atom stereocenters. The van der Waals surface area contributed by atoms with Crippen LogP contribution in [0.3, 0.4) is 0 Å². The molecule has 0 radical (unpaired) electrons. The topological polar surface area (TPSA) is 38.7 Å². The van der Waals surface area contributed by atoms with Crippen molar-refractivity contribution in [3.05, 3.63) is 234 Å². The first-order chi connectivity index (χ1) is 27.8. The van der Waals surface area contributed by atoms with Crippen molar-refractivity contribution < 1.29 is 0 Å². The van der Waals surface area contributed by atoms with Gasteiger partial charge in [0.15, 0.2) is 0 Å². The van der Waals surface area contributed by atoms with Crippen LogP contribution in [0.15, 0.2) is 200 Å². The normalized spacial score (nSPS) is 14.8. The van der Waals surface area contributed by atoms with E-state index in [1.165, 1.54) is 55.6 Å². The molecule has 0 aliphatic heterocycles. The predicted octanol–water partition coefficient (Wildman–Crippen LogP) is 12.9. The van der Waals surface area contributed by atoms with Crippen molar-refractivity contribution >= 4 is 0 Å². The van der Waals surface area contributed by atoms with Crippen LogP contribution in [0.1, 0.15) is 45.2 Å². The fourth-order valence-electron chi connectivity index (χ4n) is 9.03. The van der Waals surface area contributed by atoms with Gasteiger partial charge in [-0.05, 0) is 92.0 Å². The minimum atomic E-state index is -0.00900. The molecule has 3 heterocycles. The highest BCUT2D eigenvalue weighted by Crippen LogP contribution is 2.58. The Balaban J connectivity index is 1.12. The Hall–Kier alpha value is -7.23. The first-order valence-electron chi connectivity index (χ1n) is 19.2. The van der Waals surface area contributed by atoms with E-state index >= 15 is 0 Å². The van der Waals surface area contributed by atoms with Crippen molar-refractivity contribution in [2.75, 3.05) is 0 Å². The van der Waals surface area contributed by atoms with Crippen molar-refractivity contribution in [3.63, 3.8) is 0 Å². The summed E-state index contributed by atoms with van der Waals surface area (Å²) in [5.41, 5.74) is 21.0. The van der Waals surface area contributed by atoms with E-state index in [1.54, 1.807) is 0 Å². The lowest BCUT2D eigenvalue weighted by Gasteiger charge is -2.23. The Kier molecular flexibility index (Phi) is 7.63.